The molecule has 0 unspecified atom stereocenters. The van der Waals surface area contributed by atoms with Crippen LogP contribution in [0.15, 0.2) is 23.9 Å². The summed E-state index contributed by atoms with van der Waals surface area (Å²) in [6.07, 6.45) is 1.09. The normalized spacial score (nSPS) is 8.81. The molecule has 1 aromatic rings. The predicted molar refractivity (Wildman–Crippen MR) is 59.4 cm³/mol. The molecule has 0 fully saturated rings. The Bertz CT molecular complexity index is 510. The van der Waals surface area contributed by atoms with Crippen LogP contribution in [-0.2, 0) is 0 Å². The second-order valence-corrected chi connectivity index (χ2v) is 3.43. The highest BCUT2D eigenvalue weighted by atomic mass is 35.5. The molecule has 0 atom stereocenters. The fraction of sp³-hybridized carbons (Fsp3) is 0. The molecule has 1 N–H and O–H groups in total. The minimum atomic E-state index is -0.736. The van der Waals surface area contributed by atoms with Crippen molar-refractivity contribution in [3.63, 3.8) is 0 Å². The molecule has 0 spiro atoms. The quantitative estimate of drug-likeness (QED) is 0.650. The zero-order valence-electron chi connectivity index (χ0n) is 7.76. The molecule has 6 heteroatoms. The van der Waals surface area contributed by atoms with Crippen LogP contribution in [0.1, 0.15) is 0 Å². The average Bonchev–Trinajstić information content (AvgIpc) is 2.30. The first-order valence-corrected chi connectivity index (χ1v) is 4.76. The highest BCUT2D eigenvalue weighted by Gasteiger charge is 2.09. The molecule has 1 rings (SSSR count). The average molecular weight is 256 g/mol. The van der Waals surface area contributed by atoms with E-state index in [1.807, 2.05) is 0 Å². The summed E-state index contributed by atoms with van der Waals surface area (Å²) >= 11 is 11.2. The van der Waals surface area contributed by atoms with E-state index in [0.717, 1.165) is 6.20 Å². The Kier molecular flexibility index (Phi) is 4.13. The monoisotopic (exact) mass is 255 g/mol. The van der Waals surface area contributed by atoms with Gasteiger partial charge in [-0.05, 0) is 12.1 Å². The molecule has 1 aromatic carbocycles. The maximum absolute atomic E-state index is 13.4. The summed E-state index contributed by atoms with van der Waals surface area (Å²) in [4.78, 5) is 0. The summed E-state index contributed by atoms with van der Waals surface area (Å²) < 4.78 is 13.4. The van der Waals surface area contributed by atoms with E-state index < -0.39 is 5.82 Å². The van der Waals surface area contributed by atoms with Crippen LogP contribution in [0.4, 0.5) is 10.1 Å². The number of hydrogen-bond acceptors (Lipinski definition) is 3. The van der Waals surface area contributed by atoms with Crippen LogP contribution < -0.4 is 5.32 Å². The minimum Gasteiger partial charge on any atom is -0.357 e. The van der Waals surface area contributed by atoms with E-state index >= 15 is 0 Å². The highest BCUT2D eigenvalue weighted by Crippen LogP contribution is 2.29. The van der Waals surface area contributed by atoms with Crippen LogP contribution in [0.5, 0.6) is 0 Å². The first-order valence-electron chi connectivity index (χ1n) is 4.00. The van der Waals surface area contributed by atoms with Crippen LogP contribution in [0.2, 0.25) is 10.0 Å². The summed E-state index contributed by atoms with van der Waals surface area (Å²) in [5, 5.41) is 19.2. The SMILES string of the molecule is N#CC(C#N)=CNc1ccc(Cl)c(Cl)c1F. The van der Waals surface area contributed by atoms with Gasteiger partial charge < -0.3 is 5.32 Å². The lowest BCUT2D eigenvalue weighted by Crippen LogP contribution is -1.94. The van der Waals surface area contributed by atoms with Gasteiger partial charge in [0.15, 0.2) is 5.82 Å². The standard InChI is InChI=1S/C10H4Cl2FN3/c11-7-1-2-8(10(13)9(7)12)16-5-6(3-14)4-15/h1-2,5,16H. The Hall–Kier alpha value is -1.75. The van der Waals surface area contributed by atoms with Crippen LogP contribution in [0, 0.1) is 28.5 Å². The van der Waals surface area contributed by atoms with Gasteiger partial charge in [0.1, 0.15) is 17.7 Å². The van der Waals surface area contributed by atoms with Crippen molar-refractivity contribution in [2.75, 3.05) is 5.32 Å². The smallest absolute Gasteiger partial charge is 0.166 e. The van der Waals surface area contributed by atoms with Crippen LogP contribution in [0.25, 0.3) is 0 Å². The maximum atomic E-state index is 13.4. The second-order valence-electron chi connectivity index (χ2n) is 2.65. The number of nitriles is 2. The largest absolute Gasteiger partial charge is 0.357 e. The van der Waals surface area contributed by atoms with E-state index in [-0.39, 0.29) is 21.3 Å². The van der Waals surface area contributed by atoms with E-state index in [4.69, 9.17) is 33.7 Å². The van der Waals surface area contributed by atoms with Crippen molar-refractivity contribution in [2.45, 2.75) is 0 Å². The molecule has 0 aromatic heterocycles. The van der Waals surface area contributed by atoms with Gasteiger partial charge in [0.2, 0.25) is 0 Å². The lowest BCUT2D eigenvalue weighted by atomic mass is 10.3. The number of rotatable bonds is 2. The summed E-state index contributed by atoms with van der Waals surface area (Å²) in [5.74, 6) is -0.736. The summed E-state index contributed by atoms with van der Waals surface area (Å²) in [5.41, 5.74) is -0.136. The topological polar surface area (TPSA) is 59.6 Å². The predicted octanol–water partition coefficient (Wildman–Crippen LogP) is 3.48. The lowest BCUT2D eigenvalue weighted by molar-refractivity contribution is 0.632. The zero-order valence-corrected chi connectivity index (χ0v) is 9.27. The molecule has 80 valence electrons. The zero-order chi connectivity index (χ0) is 12.1. The third kappa shape index (κ3) is 2.64. The van der Waals surface area contributed by atoms with E-state index in [1.165, 1.54) is 12.1 Å². The molecule has 3 nitrogen and oxygen atoms in total. The molecule has 0 aliphatic rings. The minimum absolute atomic E-state index is 0.0393. The van der Waals surface area contributed by atoms with Crippen LogP contribution in [0.3, 0.4) is 0 Å². The second kappa shape index (κ2) is 5.37. The molecular formula is C10H4Cl2FN3. The van der Waals surface area contributed by atoms with E-state index in [9.17, 15) is 4.39 Å². The molecule has 0 saturated carbocycles. The molecule has 0 radical (unpaired) electrons. The molecule has 0 bridgehead atoms. The van der Waals surface area contributed by atoms with Gasteiger partial charge >= 0.3 is 0 Å². The number of nitrogens with one attached hydrogen (secondary N) is 1. The van der Waals surface area contributed by atoms with Gasteiger partial charge in [-0.3, -0.25) is 0 Å². The van der Waals surface area contributed by atoms with E-state index in [1.54, 1.807) is 12.1 Å². The van der Waals surface area contributed by atoms with Gasteiger partial charge in [-0.1, -0.05) is 23.2 Å². The van der Waals surface area contributed by atoms with Gasteiger partial charge in [-0.15, -0.1) is 0 Å². The van der Waals surface area contributed by atoms with Gasteiger partial charge in [-0.25, -0.2) is 4.39 Å². The molecule has 0 saturated heterocycles. The molecule has 0 amide bonds. The van der Waals surface area contributed by atoms with Crippen molar-refractivity contribution >= 4 is 28.9 Å². The third-order valence-corrected chi connectivity index (χ3v) is 2.43. The van der Waals surface area contributed by atoms with Crippen molar-refractivity contribution in [2.24, 2.45) is 0 Å². The molecule has 0 heterocycles. The Morgan fingerprint density at radius 2 is 1.94 bits per heavy atom. The maximum Gasteiger partial charge on any atom is 0.166 e. The van der Waals surface area contributed by atoms with Crippen molar-refractivity contribution in [3.05, 3.63) is 39.8 Å². The van der Waals surface area contributed by atoms with E-state index in [0.29, 0.717) is 0 Å². The van der Waals surface area contributed by atoms with Crippen molar-refractivity contribution in [3.8, 4) is 12.1 Å². The van der Waals surface area contributed by atoms with Crippen molar-refractivity contribution < 1.29 is 4.39 Å². The van der Waals surface area contributed by atoms with Crippen LogP contribution in [-0.4, -0.2) is 0 Å². The van der Waals surface area contributed by atoms with Gasteiger partial charge in [0, 0.05) is 6.20 Å². The highest BCUT2D eigenvalue weighted by molar-refractivity contribution is 6.42. The van der Waals surface area contributed by atoms with Gasteiger partial charge in [-0.2, -0.15) is 10.5 Å². The Morgan fingerprint density at radius 1 is 1.31 bits per heavy atom. The Balaban J connectivity index is 3.02. The first kappa shape index (κ1) is 12.3. The summed E-state index contributed by atoms with van der Waals surface area (Å²) in [7, 11) is 0. The number of anilines is 1. The fourth-order valence-electron chi connectivity index (χ4n) is 0.877. The van der Waals surface area contributed by atoms with Crippen molar-refractivity contribution in [1.29, 1.82) is 10.5 Å². The van der Waals surface area contributed by atoms with Crippen molar-refractivity contribution in [1.82, 2.24) is 0 Å². The summed E-state index contributed by atoms with van der Waals surface area (Å²) in [6.45, 7) is 0. The number of hydrogen-bond donors (Lipinski definition) is 1. The summed E-state index contributed by atoms with van der Waals surface area (Å²) in [6, 6.07) is 6.00. The van der Waals surface area contributed by atoms with E-state index in [2.05, 4.69) is 5.32 Å². The molecule has 0 aliphatic carbocycles. The number of allylic oxidation sites excluding steroid dienone is 1. The first-order chi connectivity index (χ1) is 7.60. The lowest BCUT2D eigenvalue weighted by Gasteiger charge is -2.04. The molecule has 0 aliphatic heterocycles. The number of benzene rings is 1. The van der Waals surface area contributed by atoms with Gasteiger partial charge in [0.05, 0.1) is 15.7 Å². The van der Waals surface area contributed by atoms with Gasteiger partial charge in [0.25, 0.3) is 0 Å². The molecular weight excluding hydrogens is 252 g/mol. The third-order valence-electron chi connectivity index (χ3n) is 1.65. The fourth-order valence-corrected chi connectivity index (χ4v) is 1.19. The Labute approximate surface area is 101 Å². The Morgan fingerprint density at radius 3 is 2.50 bits per heavy atom. The number of halogens is 3. The van der Waals surface area contributed by atoms with Crippen LogP contribution >= 0.6 is 23.2 Å². The molecule has 16 heavy (non-hydrogen) atoms. The number of nitrogens with zero attached hydrogens (tertiary/aromatic N) is 2.